The summed E-state index contributed by atoms with van der Waals surface area (Å²) in [5, 5.41) is 15.9. The van der Waals surface area contributed by atoms with E-state index in [0.717, 1.165) is 23.5 Å². The highest BCUT2D eigenvalue weighted by molar-refractivity contribution is 7.15. The van der Waals surface area contributed by atoms with Crippen molar-refractivity contribution in [2.45, 2.75) is 12.6 Å². The summed E-state index contributed by atoms with van der Waals surface area (Å²) in [7, 11) is 0. The quantitative estimate of drug-likeness (QED) is 0.458. The van der Waals surface area contributed by atoms with Crippen LogP contribution in [0, 0.1) is 11.3 Å². The van der Waals surface area contributed by atoms with E-state index in [4.69, 9.17) is 0 Å². The monoisotopic (exact) mass is 460 g/mol. The zero-order chi connectivity index (χ0) is 22.2. The van der Waals surface area contributed by atoms with Crippen LogP contribution in [0.1, 0.15) is 16.7 Å². The Morgan fingerprint density at radius 3 is 2.74 bits per heavy atom. The maximum Gasteiger partial charge on any atom is 0.416 e. The van der Waals surface area contributed by atoms with Gasteiger partial charge in [0.2, 0.25) is 5.91 Å². The van der Waals surface area contributed by atoms with Gasteiger partial charge < -0.3 is 10.3 Å². The van der Waals surface area contributed by atoms with E-state index >= 15 is 0 Å². The van der Waals surface area contributed by atoms with Gasteiger partial charge in [0.1, 0.15) is 11.1 Å². The second-order valence-electron chi connectivity index (χ2n) is 6.49. The average Bonchev–Trinajstić information content (AvgIpc) is 3.36. The highest BCUT2D eigenvalue weighted by Crippen LogP contribution is 2.37. The standard InChI is InChI=1S/C20H11F3N4O2S2/c21-20(22,23)13-1-2-14-10(4-13)3-11(18(29)26-14)5-16(28)27-19-17(12(6-24)7-31-19)15-8-30-9-25-15/h1-4,7-9H,5H2,(H,26,29)(H,27,28). The first-order valence-corrected chi connectivity index (χ1v) is 10.5. The van der Waals surface area contributed by atoms with Gasteiger partial charge in [0, 0.05) is 21.8 Å². The lowest BCUT2D eigenvalue weighted by atomic mass is 10.1. The predicted molar refractivity (Wildman–Crippen MR) is 112 cm³/mol. The molecule has 3 aromatic heterocycles. The molecule has 31 heavy (non-hydrogen) atoms. The van der Waals surface area contributed by atoms with Gasteiger partial charge in [-0.05, 0) is 29.7 Å². The Morgan fingerprint density at radius 1 is 1.26 bits per heavy atom. The van der Waals surface area contributed by atoms with Crippen molar-refractivity contribution in [1.29, 1.82) is 5.26 Å². The molecule has 0 bridgehead atoms. The van der Waals surface area contributed by atoms with E-state index in [1.165, 1.54) is 23.5 Å². The molecule has 6 nitrogen and oxygen atoms in total. The van der Waals surface area contributed by atoms with Gasteiger partial charge in [-0.15, -0.1) is 22.7 Å². The van der Waals surface area contributed by atoms with Crippen LogP contribution >= 0.6 is 22.7 Å². The molecular weight excluding hydrogens is 449 g/mol. The lowest BCUT2D eigenvalue weighted by Gasteiger charge is -2.09. The smallest absolute Gasteiger partial charge is 0.322 e. The number of nitriles is 1. The number of H-pyrrole nitrogens is 1. The van der Waals surface area contributed by atoms with Gasteiger partial charge in [-0.2, -0.15) is 18.4 Å². The number of benzene rings is 1. The second-order valence-corrected chi connectivity index (χ2v) is 8.09. The first kappa shape index (κ1) is 20.8. The van der Waals surface area contributed by atoms with Gasteiger partial charge in [-0.3, -0.25) is 9.59 Å². The molecule has 0 radical (unpaired) electrons. The molecule has 0 aliphatic carbocycles. The Hall–Kier alpha value is -3.49. The van der Waals surface area contributed by atoms with Crippen molar-refractivity contribution in [3.63, 3.8) is 0 Å². The van der Waals surface area contributed by atoms with Crippen molar-refractivity contribution in [3.8, 4) is 17.3 Å². The van der Waals surface area contributed by atoms with Crippen LogP contribution in [-0.2, 0) is 17.4 Å². The normalized spacial score (nSPS) is 11.4. The van der Waals surface area contributed by atoms with Crippen LogP contribution in [0.5, 0.6) is 0 Å². The van der Waals surface area contributed by atoms with Crippen LogP contribution in [0.4, 0.5) is 18.2 Å². The number of thiophene rings is 1. The number of rotatable bonds is 4. The summed E-state index contributed by atoms with van der Waals surface area (Å²) in [5.74, 6) is -0.542. The van der Waals surface area contributed by atoms with E-state index in [-0.39, 0.29) is 22.9 Å². The fourth-order valence-electron chi connectivity index (χ4n) is 3.03. The Labute approximate surface area is 180 Å². The SMILES string of the molecule is N#Cc1csc(NC(=O)Cc2cc3cc(C(F)(F)F)ccc3[nH]c2=O)c1-c1cscn1. The van der Waals surface area contributed by atoms with Crippen LogP contribution in [-0.4, -0.2) is 15.9 Å². The summed E-state index contributed by atoms with van der Waals surface area (Å²) >= 11 is 2.49. The molecule has 0 spiro atoms. The fraction of sp³-hybridized carbons (Fsp3) is 0.100. The van der Waals surface area contributed by atoms with Gasteiger partial charge in [0.05, 0.1) is 34.3 Å². The molecule has 0 aliphatic heterocycles. The molecule has 0 saturated carbocycles. The van der Waals surface area contributed by atoms with Crippen molar-refractivity contribution in [1.82, 2.24) is 9.97 Å². The van der Waals surface area contributed by atoms with Gasteiger partial charge in [-0.25, -0.2) is 4.98 Å². The number of carbonyl (C=O) groups excluding carboxylic acids is 1. The van der Waals surface area contributed by atoms with E-state index in [2.05, 4.69) is 21.4 Å². The predicted octanol–water partition coefficient (Wildman–Crippen LogP) is 4.78. The molecule has 2 N–H and O–H groups in total. The highest BCUT2D eigenvalue weighted by Gasteiger charge is 2.30. The summed E-state index contributed by atoms with van der Waals surface area (Å²) in [6, 6.07) is 6.31. The fourth-order valence-corrected chi connectivity index (χ4v) is 4.48. The third-order valence-corrected chi connectivity index (χ3v) is 5.93. The van der Waals surface area contributed by atoms with Crippen LogP contribution in [0.2, 0.25) is 0 Å². The number of thiazole rings is 1. The first-order valence-electron chi connectivity index (χ1n) is 8.69. The van der Waals surface area contributed by atoms with Gasteiger partial charge >= 0.3 is 6.18 Å². The summed E-state index contributed by atoms with van der Waals surface area (Å²) < 4.78 is 38.9. The molecule has 0 unspecified atom stereocenters. The number of nitrogens with zero attached hydrogens (tertiary/aromatic N) is 2. The number of carbonyl (C=O) groups is 1. The summed E-state index contributed by atoms with van der Waals surface area (Å²) in [6.45, 7) is 0. The van der Waals surface area contributed by atoms with E-state index in [1.54, 1.807) is 16.3 Å². The molecular formula is C20H11F3N4O2S2. The number of hydrogen-bond acceptors (Lipinski definition) is 6. The van der Waals surface area contributed by atoms with Gasteiger partial charge in [-0.1, -0.05) is 0 Å². The van der Waals surface area contributed by atoms with Crippen molar-refractivity contribution < 1.29 is 18.0 Å². The molecule has 3 heterocycles. The third kappa shape index (κ3) is 4.21. The minimum Gasteiger partial charge on any atom is -0.322 e. The zero-order valence-corrected chi connectivity index (χ0v) is 17.0. The van der Waals surface area contributed by atoms with E-state index in [0.29, 0.717) is 21.8 Å². The molecule has 156 valence electrons. The van der Waals surface area contributed by atoms with E-state index in [1.807, 2.05) is 0 Å². The van der Waals surface area contributed by atoms with Crippen LogP contribution in [0.25, 0.3) is 22.2 Å². The molecule has 4 aromatic rings. The highest BCUT2D eigenvalue weighted by atomic mass is 32.1. The number of amides is 1. The molecule has 4 rings (SSSR count). The number of pyridine rings is 1. The lowest BCUT2D eigenvalue weighted by Crippen LogP contribution is -2.21. The maximum absolute atomic E-state index is 13.0. The summed E-state index contributed by atoms with van der Waals surface area (Å²) in [4.78, 5) is 31.6. The number of alkyl halides is 3. The van der Waals surface area contributed by atoms with Gasteiger partial charge in [0.25, 0.3) is 5.56 Å². The Bertz CT molecular complexity index is 1380. The molecule has 1 amide bonds. The number of halogens is 3. The largest absolute Gasteiger partial charge is 0.416 e. The Morgan fingerprint density at radius 2 is 2.06 bits per heavy atom. The van der Waals surface area contributed by atoms with Crippen LogP contribution < -0.4 is 10.9 Å². The summed E-state index contributed by atoms with van der Waals surface area (Å²) in [5.41, 5.74) is 1.84. The van der Waals surface area contributed by atoms with E-state index in [9.17, 15) is 28.0 Å². The Balaban J connectivity index is 1.62. The molecule has 0 atom stereocenters. The third-order valence-electron chi connectivity index (χ3n) is 4.45. The number of fused-ring (bicyclic) bond motifs is 1. The molecule has 0 aliphatic rings. The molecule has 0 saturated heterocycles. The molecule has 11 heteroatoms. The maximum atomic E-state index is 13.0. The minimum absolute atomic E-state index is 0.0246. The minimum atomic E-state index is -4.52. The van der Waals surface area contributed by atoms with Crippen molar-refractivity contribution in [2.24, 2.45) is 0 Å². The average molecular weight is 460 g/mol. The topological polar surface area (TPSA) is 98.6 Å². The number of nitrogens with one attached hydrogen (secondary N) is 2. The first-order chi connectivity index (χ1) is 14.8. The second kappa shape index (κ2) is 7.98. The number of anilines is 1. The van der Waals surface area contributed by atoms with Gasteiger partial charge in [0.15, 0.2) is 0 Å². The van der Waals surface area contributed by atoms with Crippen LogP contribution in [0.15, 0.2) is 45.3 Å². The van der Waals surface area contributed by atoms with Crippen molar-refractivity contribution in [2.75, 3.05) is 5.32 Å². The molecule has 0 fully saturated rings. The zero-order valence-electron chi connectivity index (χ0n) is 15.4. The number of aromatic nitrogens is 2. The molecule has 1 aromatic carbocycles. The lowest BCUT2D eigenvalue weighted by molar-refractivity contribution is -0.137. The van der Waals surface area contributed by atoms with Crippen LogP contribution in [0.3, 0.4) is 0 Å². The van der Waals surface area contributed by atoms with Crippen molar-refractivity contribution in [3.05, 3.63) is 67.6 Å². The Kier molecular flexibility index (Phi) is 5.34. The van der Waals surface area contributed by atoms with E-state index < -0.39 is 23.2 Å². The summed E-state index contributed by atoms with van der Waals surface area (Å²) in [6.07, 6.45) is -4.87. The van der Waals surface area contributed by atoms with Crippen molar-refractivity contribution >= 4 is 44.5 Å². The number of hydrogen-bond donors (Lipinski definition) is 2. The number of aromatic amines is 1.